The lowest BCUT2D eigenvalue weighted by molar-refractivity contribution is -0.131. The molecular formula is C15H21ClN2O3S. The fourth-order valence-corrected chi connectivity index (χ4v) is 4.56. The summed E-state index contributed by atoms with van der Waals surface area (Å²) in [6.45, 7) is 0.649. The fraction of sp³-hybridized carbons (Fsp3) is 0.533. The molecule has 1 unspecified atom stereocenters. The summed E-state index contributed by atoms with van der Waals surface area (Å²) in [5.41, 5.74) is 0.895. The summed E-state index contributed by atoms with van der Waals surface area (Å²) in [7, 11) is 0.591. The Morgan fingerprint density at radius 2 is 2.00 bits per heavy atom. The molecule has 1 heterocycles. The maximum atomic E-state index is 12.3. The highest BCUT2D eigenvalue weighted by atomic mass is 35.5. The molecule has 0 aliphatic carbocycles. The first kappa shape index (κ1) is 17.2. The van der Waals surface area contributed by atoms with Gasteiger partial charge in [0.2, 0.25) is 5.91 Å². The van der Waals surface area contributed by atoms with Crippen LogP contribution in [0.3, 0.4) is 0 Å². The van der Waals surface area contributed by atoms with Crippen molar-refractivity contribution in [2.24, 2.45) is 0 Å². The Kier molecular flexibility index (Phi) is 5.47. The molecule has 1 aromatic rings. The topological polar surface area (TPSA) is 57.7 Å². The summed E-state index contributed by atoms with van der Waals surface area (Å²) < 4.78 is 23.0. The molecule has 1 atom stereocenters. The van der Waals surface area contributed by atoms with E-state index in [1.807, 2.05) is 23.1 Å². The SMILES string of the molecule is CN(Cc1ccccc1Cl)C(=O)CN(C)C1CCS(=O)(=O)C1. The quantitative estimate of drug-likeness (QED) is 0.810. The molecule has 1 aliphatic rings. The highest BCUT2D eigenvalue weighted by Crippen LogP contribution is 2.18. The normalized spacial score (nSPS) is 20.3. The molecule has 7 heteroatoms. The van der Waals surface area contributed by atoms with Crippen LogP contribution in [0, 0.1) is 0 Å². The number of rotatable bonds is 5. The summed E-state index contributed by atoms with van der Waals surface area (Å²) in [6, 6.07) is 7.35. The van der Waals surface area contributed by atoms with Crippen LogP contribution in [0.25, 0.3) is 0 Å². The van der Waals surface area contributed by atoms with Gasteiger partial charge in [0.25, 0.3) is 0 Å². The molecule has 1 fully saturated rings. The van der Waals surface area contributed by atoms with Gasteiger partial charge in [-0.1, -0.05) is 29.8 Å². The van der Waals surface area contributed by atoms with E-state index in [1.165, 1.54) is 0 Å². The van der Waals surface area contributed by atoms with Crippen molar-refractivity contribution in [3.63, 3.8) is 0 Å². The van der Waals surface area contributed by atoms with Crippen LogP contribution in [0.15, 0.2) is 24.3 Å². The van der Waals surface area contributed by atoms with Crippen LogP contribution in [-0.2, 0) is 21.2 Å². The molecule has 0 aromatic heterocycles. The second kappa shape index (κ2) is 6.98. The van der Waals surface area contributed by atoms with E-state index >= 15 is 0 Å². The Morgan fingerprint density at radius 3 is 2.59 bits per heavy atom. The third kappa shape index (κ3) is 4.44. The molecule has 1 aliphatic heterocycles. The number of amides is 1. The fourth-order valence-electron chi connectivity index (χ4n) is 2.56. The lowest BCUT2D eigenvalue weighted by Gasteiger charge is -2.25. The lowest BCUT2D eigenvalue weighted by atomic mass is 10.2. The van der Waals surface area contributed by atoms with Gasteiger partial charge in [0, 0.05) is 24.7 Å². The third-order valence-corrected chi connectivity index (χ3v) is 6.13. The van der Waals surface area contributed by atoms with Gasteiger partial charge in [0.05, 0.1) is 18.1 Å². The highest BCUT2D eigenvalue weighted by Gasteiger charge is 2.31. The largest absolute Gasteiger partial charge is 0.340 e. The average Bonchev–Trinajstić information content (AvgIpc) is 2.81. The zero-order chi connectivity index (χ0) is 16.3. The van der Waals surface area contributed by atoms with Gasteiger partial charge < -0.3 is 4.90 Å². The van der Waals surface area contributed by atoms with Crippen LogP contribution < -0.4 is 0 Å². The molecule has 22 heavy (non-hydrogen) atoms. The summed E-state index contributed by atoms with van der Waals surface area (Å²) in [6.07, 6.45) is 0.598. The Bertz CT molecular complexity index is 648. The van der Waals surface area contributed by atoms with Crippen molar-refractivity contribution in [3.8, 4) is 0 Å². The van der Waals surface area contributed by atoms with Crippen molar-refractivity contribution in [2.75, 3.05) is 32.1 Å². The number of sulfone groups is 1. The summed E-state index contributed by atoms with van der Waals surface area (Å²) in [4.78, 5) is 15.7. The van der Waals surface area contributed by atoms with Gasteiger partial charge >= 0.3 is 0 Å². The lowest BCUT2D eigenvalue weighted by Crippen LogP contribution is -2.41. The molecule has 1 aromatic carbocycles. The second-order valence-electron chi connectivity index (χ2n) is 5.81. The minimum absolute atomic E-state index is 0.0493. The number of likely N-dealkylation sites (N-methyl/N-ethyl adjacent to an activating group) is 2. The van der Waals surface area contributed by atoms with Crippen LogP contribution in [0.4, 0.5) is 0 Å². The van der Waals surface area contributed by atoms with Crippen molar-refractivity contribution >= 4 is 27.3 Å². The van der Waals surface area contributed by atoms with Gasteiger partial charge in [-0.05, 0) is 25.1 Å². The van der Waals surface area contributed by atoms with E-state index in [0.29, 0.717) is 18.0 Å². The van der Waals surface area contributed by atoms with Crippen LogP contribution in [0.5, 0.6) is 0 Å². The molecule has 0 radical (unpaired) electrons. The molecule has 122 valence electrons. The first-order chi connectivity index (χ1) is 10.3. The minimum atomic E-state index is -2.93. The molecule has 1 amide bonds. The molecule has 0 spiro atoms. The highest BCUT2D eigenvalue weighted by molar-refractivity contribution is 7.91. The molecule has 5 nitrogen and oxygen atoms in total. The van der Waals surface area contributed by atoms with Crippen LogP contribution >= 0.6 is 11.6 Å². The Hall–Kier alpha value is -1.11. The maximum absolute atomic E-state index is 12.3. The summed E-state index contributed by atoms with van der Waals surface area (Å²) >= 11 is 6.10. The van der Waals surface area contributed by atoms with Crippen molar-refractivity contribution < 1.29 is 13.2 Å². The number of hydrogen-bond donors (Lipinski definition) is 0. The standard InChI is InChI=1S/C15H21ClN2O3S/c1-17(13-7-8-22(20,21)11-13)10-15(19)18(2)9-12-5-3-4-6-14(12)16/h3-6,13H,7-11H2,1-2H3. The van der Waals surface area contributed by atoms with Gasteiger partial charge in [-0.2, -0.15) is 0 Å². The number of nitrogens with zero attached hydrogens (tertiary/aromatic N) is 2. The van der Waals surface area contributed by atoms with Crippen molar-refractivity contribution in [1.29, 1.82) is 0 Å². The van der Waals surface area contributed by atoms with E-state index < -0.39 is 9.84 Å². The molecule has 0 N–H and O–H groups in total. The van der Waals surface area contributed by atoms with Crippen molar-refractivity contribution in [2.45, 2.75) is 19.0 Å². The van der Waals surface area contributed by atoms with E-state index in [9.17, 15) is 13.2 Å². The van der Waals surface area contributed by atoms with Crippen molar-refractivity contribution in [3.05, 3.63) is 34.9 Å². The molecular weight excluding hydrogens is 324 g/mol. The van der Waals surface area contributed by atoms with E-state index in [0.717, 1.165) is 5.56 Å². The van der Waals surface area contributed by atoms with Gasteiger partial charge in [-0.25, -0.2) is 8.42 Å². The van der Waals surface area contributed by atoms with E-state index in [-0.39, 0.29) is 30.0 Å². The Labute approximate surface area is 136 Å². The van der Waals surface area contributed by atoms with Gasteiger partial charge in [0.15, 0.2) is 9.84 Å². The zero-order valence-corrected chi connectivity index (χ0v) is 14.4. The monoisotopic (exact) mass is 344 g/mol. The number of benzene rings is 1. The van der Waals surface area contributed by atoms with E-state index in [1.54, 1.807) is 25.1 Å². The molecule has 2 rings (SSSR count). The number of halogens is 1. The third-order valence-electron chi connectivity index (χ3n) is 4.01. The summed E-state index contributed by atoms with van der Waals surface area (Å²) in [5.74, 6) is 0.308. The minimum Gasteiger partial charge on any atom is -0.340 e. The van der Waals surface area contributed by atoms with Crippen LogP contribution in [0.1, 0.15) is 12.0 Å². The smallest absolute Gasteiger partial charge is 0.236 e. The van der Waals surface area contributed by atoms with Gasteiger partial charge in [-0.15, -0.1) is 0 Å². The van der Waals surface area contributed by atoms with E-state index in [4.69, 9.17) is 11.6 Å². The Balaban J connectivity index is 1.90. The summed E-state index contributed by atoms with van der Waals surface area (Å²) in [5, 5.41) is 0.636. The first-order valence-corrected chi connectivity index (χ1v) is 9.36. The van der Waals surface area contributed by atoms with Crippen LogP contribution in [-0.4, -0.2) is 62.3 Å². The van der Waals surface area contributed by atoms with Gasteiger partial charge in [-0.3, -0.25) is 9.69 Å². The van der Waals surface area contributed by atoms with Gasteiger partial charge in [0.1, 0.15) is 0 Å². The van der Waals surface area contributed by atoms with Crippen molar-refractivity contribution in [1.82, 2.24) is 9.80 Å². The second-order valence-corrected chi connectivity index (χ2v) is 8.45. The van der Waals surface area contributed by atoms with Crippen LogP contribution in [0.2, 0.25) is 5.02 Å². The average molecular weight is 345 g/mol. The maximum Gasteiger partial charge on any atom is 0.236 e. The number of hydrogen-bond acceptors (Lipinski definition) is 4. The predicted octanol–water partition coefficient (Wildman–Crippen LogP) is 1.42. The first-order valence-electron chi connectivity index (χ1n) is 7.16. The molecule has 1 saturated heterocycles. The molecule has 0 saturated carbocycles. The number of carbonyl (C=O) groups is 1. The van der Waals surface area contributed by atoms with E-state index in [2.05, 4.69) is 0 Å². The Morgan fingerprint density at radius 1 is 1.32 bits per heavy atom. The predicted molar refractivity (Wildman–Crippen MR) is 87.6 cm³/mol. The zero-order valence-electron chi connectivity index (χ0n) is 12.8. The number of carbonyl (C=O) groups excluding carboxylic acids is 1. The molecule has 0 bridgehead atoms.